The minimum Gasteiger partial charge on any atom is -0.380 e. The number of fused-ring (bicyclic) bond motifs is 1. The molecule has 1 unspecified atom stereocenters. The Balaban J connectivity index is 1.86. The van der Waals surface area contributed by atoms with Crippen LogP contribution in [0.5, 0.6) is 0 Å². The molecule has 0 saturated carbocycles. The highest BCUT2D eigenvalue weighted by molar-refractivity contribution is 7.19. The van der Waals surface area contributed by atoms with Crippen LogP contribution in [0.2, 0.25) is 0 Å². The van der Waals surface area contributed by atoms with Crippen molar-refractivity contribution in [1.29, 1.82) is 0 Å². The van der Waals surface area contributed by atoms with E-state index in [1.807, 2.05) is 11.3 Å². The first kappa shape index (κ1) is 15.0. The van der Waals surface area contributed by atoms with Crippen molar-refractivity contribution in [3.63, 3.8) is 0 Å². The van der Waals surface area contributed by atoms with Gasteiger partial charge < -0.3 is 10.1 Å². The predicted molar refractivity (Wildman–Crippen MR) is 89.9 cm³/mol. The molecule has 0 radical (unpaired) electrons. The number of likely N-dealkylation sites (N-methyl/N-ethyl adjacent to an activating group) is 1. The molecule has 1 saturated heterocycles. The highest BCUT2D eigenvalue weighted by atomic mass is 32.1. The zero-order valence-corrected chi connectivity index (χ0v) is 13.7. The van der Waals surface area contributed by atoms with Gasteiger partial charge in [-0.05, 0) is 37.0 Å². The average molecular weight is 304 g/mol. The normalized spacial score (nSPS) is 18.9. The maximum Gasteiger partial charge on any atom is 0.0622 e. The minimum atomic E-state index is 0.565. The summed E-state index contributed by atoms with van der Waals surface area (Å²) in [6.45, 7) is 6.94. The molecule has 0 bridgehead atoms. The van der Waals surface area contributed by atoms with Crippen molar-refractivity contribution in [1.82, 2.24) is 10.2 Å². The second kappa shape index (κ2) is 6.88. The van der Waals surface area contributed by atoms with Crippen LogP contribution in [0.3, 0.4) is 0 Å². The van der Waals surface area contributed by atoms with Crippen LogP contribution in [0.15, 0.2) is 24.3 Å². The van der Waals surface area contributed by atoms with Gasteiger partial charge >= 0.3 is 0 Å². The Labute approximate surface area is 130 Å². The van der Waals surface area contributed by atoms with Gasteiger partial charge in [0.15, 0.2) is 0 Å². The molecule has 1 N–H and O–H groups in total. The summed E-state index contributed by atoms with van der Waals surface area (Å²) in [5, 5.41) is 4.89. The van der Waals surface area contributed by atoms with Crippen molar-refractivity contribution in [3.05, 3.63) is 34.7 Å². The molecule has 1 fully saturated rings. The van der Waals surface area contributed by atoms with Gasteiger partial charge in [0, 0.05) is 35.3 Å². The van der Waals surface area contributed by atoms with E-state index < -0.39 is 0 Å². The molecule has 1 aromatic heterocycles. The van der Waals surface area contributed by atoms with Crippen LogP contribution >= 0.6 is 11.3 Å². The zero-order chi connectivity index (χ0) is 14.7. The number of thiophene rings is 1. The van der Waals surface area contributed by atoms with Crippen LogP contribution in [-0.2, 0) is 17.8 Å². The van der Waals surface area contributed by atoms with Crippen molar-refractivity contribution in [2.75, 3.05) is 26.8 Å². The second-order valence-corrected chi connectivity index (χ2v) is 6.85. The molecule has 1 aliphatic rings. The molecule has 0 amide bonds. The third-order valence-corrected chi connectivity index (χ3v) is 5.47. The molecule has 2 heterocycles. The van der Waals surface area contributed by atoms with E-state index in [-0.39, 0.29) is 0 Å². The van der Waals surface area contributed by atoms with Gasteiger partial charge in [-0.15, -0.1) is 11.3 Å². The molecule has 0 aliphatic carbocycles. The lowest BCUT2D eigenvalue weighted by molar-refractivity contribution is 0.156. The topological polar surface area (TPSA) is 24.5 Å². The zero-order valence-electron chi connectivity index (χ0n) is 12.9. The monoisotopic (exact) mass is 304 g/mol. The van der Waals surface area contributed by atoms with E-state index in [9.17, 15) is 0 Å². The molecule has 3 nitrogen and oxygen atoms in total. The molecular weight excluding hydrogens is 280 g/mol. The molecular formula is C17H24N2OS. The molecule has 114 valence electrons. The van der Waals surface area contributed by atoms with E-state index in [0.29, 0.717) is 6.04 Å². The number of nitrogens with zero attached hydrogens (tertiary/aromatic N) is 1. The molecule has 2 aromatic rings. The highest BCUT2D eigenvalue weighted by Gasteiger charge is 2.22. The molecule has 4 heteroatoms. The molecule has 21 heavy (non-hydrogen) atoms. The smallest absolute Gasteiger partial charge is 0.0622 e. The lowest BCUT2D eigenvalue weighted by atomic mass is 10.1. The highest BCUT2D eigenvalue weighted by Crippen LogP contribution is 2.32. The van der Waals surface area contributed by atoms with Gasteiger partial charge in [-0.3, -0.25) is 4.90 Å². The summed E-state index contributed by atoms with van der Waals surface area (Å²) in [6, 6.07) is 9.34. The van der Waals surface area contributed by atoms with Gasteiger partial charge in [-0.2, -0.15) is 0 Å². The van der Waals surface area contributed by atoms with Gasteiger partial charge in [0.1, 0.15) is 0 Å². The fourth-order valence-electron chi connectivity index (χ4n) is 2.95. The molecule has 0 spiro atoms. The fourth-order valence-corrected chi connectivity index (χ4v) is 4.14. The standard InChI is InChI=1S/C17H24N2OS/c1-3-18-10-17-15(11-19(2)13-8-9-20-12-13)14-6-4-5-7-16(14)21-17/h4-7,13,18H,3,8-12H2,1-2H3. The summed E-state index contributed by atoms with van der Waals surface area (Å²) in [5.41, 5.74) is 1.49. The van der Waals surface area contributed by atoms with E-state index in [2.05, 4.69) is 48.5 Å². The van der Waals surface area contributed by atoms with Crippen LogP contribution in [-0.4, -0.2) is 37.7 Å². The third kappa shape index (κ3) is 3.29. The largest absolute Gasteiger partial charge is 0.380 e. The van der Waals surface area contributed by atoms with Crippen LogP contribution in [0.25, 0.3) is 10.1 Å². The Morgan fingerprint density at radius 1 is 1.38 bits per heavy atom. The molecule has 1 aromatic carbocycles. The second-order valence-electron chi connectivity index (χ2n) is 5.71. The van der Waals surface area contributed by atoms with Crippen molar-refractivity contribution in [2.45, 2.75) is 32.5 Å². The van der Waals surface area contributed by atoms with Crippen molar-refractivity contribution in [2.24, 2.45) is 0 Å². The van der Waals surface area contributed by atoms with E-state index in [0.717, 1.165) is 39.3 Å². The lowest BCUT2D eigenvalue weighted by Gasteiger charge is -2.23. The Hall–Kier alpha value is -0.940. The van der Waals surface area contributed by atoms with Gasteiger partial charge in [-0.1, -0.05) is 25.1 Å². The summed E-state index contributed by atoms with van der Waals surface area (Å²) >= 11 is 1.93. The first-order valence-corrected chi connectivity index (χ1v) is 8.59. The number of rotatable bonds is 6. The quantitative estimate of drug-likeness (QED) is 0.887. The fraction of sp³-hybridized carbons (Fsp3) is 0.529. The van der Waals surface area contributed by atoms with Gasteiger partial charge in [-0.25, -0.2) is 0 Å². The first-order valence-electron chi connectivity index (χ1n) is 7.77. The van der Waals surface area contributed by atoms with Gasteiger partial charge in [0.25, 0.3) is 0 Å². The van der Waals surface area contributed by atoms with Crippen molar-refractivity contribution < 1.29 is 4.74 Å². The SMILES string of the molecule is CCNCc1sc2ccccc2c1CN(C)C1CCOC1. The van der Waals surface area contributed by atoms with Crippen molar-refractivity contribution in [3.8, 4) is 0 Å². The number of ether oxygens (including phenoxy) is 1. The van der Waals surface area contributed by atoms with Crippen molar-refractivity contribution >= 4 is 21.4 Å². The minimum absolute atomic E-state index is 0.565. The number of benzene rings is 1. The summed E-state index contributed by atoms with van der Waals surface area (Å²) in [7, 11) is 2.23. The summed E-state index contributed by atoms with van der Waals surface area (Å²) in [4.78, 5) is 3.93. The van der Waals surface area contributed by atoms with E-state index in [1.165, 1.54) is 20.5 Å². The summed E-state index contributed by atoms with van der Waals surface area (Å²) < 4.78 is 6.93. The van der Waals surface area contributed by atoms with Crippen LogP contribution in [0.4, 0.5) is 0 Å². The number of hydrogen-bond donors (Lipinski definition) is 1. The van der Waals surface area contributed by atoms with Gasteiger partial charge in [0.2, 0.25) is 0 Å². The first-order chi connectivity index (χ1) is 10.3. The Morgan fingerprint density at radius 3 is 3.00 bits per heavy atom. The Bertz CT molecular complexity index is 589. The molecule has 1 atom stereocenters. The summed E-state index contributed by atoms with van der Waals surface area (Å²) in [6.07, 6.45) is 1.15. The van der Waals surface area contributed by atoms with Gasteiger partial charge in [0.05, 0.1) is 6.61 Å². The molecule has 3 rings (SSSR count). The van der Waals surface area contributed by atoms with Crippen LogP contribution in [0.1, 0.15) is 23.8 Å². The maximum atomic E-state index is 5.53. The average Bonchev–Trinajstić information content (AvgIpc) is 3.14. The Morgan fingerprint density at radius 2 is 2.24 bits per heavy atom. The Kier molecular flexibility index (Phi) is 4.91. The maximum absolute atomic E-state index is 5.53. The van der Waals surface area contributed by atoms with E-state index in [4.69, 9.17) is 4.74 Å². The molecule has 1 aliphatic heterocycles. The van der Waals surface area contributed by atoms with E-state index in [1.54, 1.807) is 0 Å². The summed E-state index contributed by atoms with van der Waals surface area (Å²) in [5.74, 6) is 0. The third-order valence-electron chi connectivity index (χ3n) is 4.25. The number of hydrogen-bond acceptors (Lipinski definition) is 4. The van der Waals surface area contributed by atoms with Crippen LogP contribution < -0.4 is 5.32 Å². The predicted octanol–water partition coefficient (Wildman–Crippen LogP) is 3.23. The van der Waals surface area contributed by atoms with E-state index >= 15 is 0 Å². The lowest BCUT2D eigenvalue weighted by Crippen LogP contribution is -2.31. The number of nitrogens with one attached hydrogen (secondary N) is 1. The van der Waals surface area contributed by atoms with Crippen LogP contribution in [0, 0.1) is 0 Å².